The molecule has 18 heavy (non-hydrogen) atoms. The summed E-state index contributed by atoms with van der Waals surface area (Å²) in [5.74, 6) is 1.76. The van der Waals surface area contributed by atoms with Gasteiger partial charge >= 0.3 is 0 Å². The van der Waals surface area contributed by atoms with Gasteiger partial charge in [0, 0.05) is 19.6 Å². The van der Waals surface area contributed by atoms with Crippen LogP contribution in [-0.4, -0.2) is 22.4 Å². The lowest BCUT2D eigenvalue weighted by Gasteiger charge is -2.32. The highest BCUT2D eigenvalue weighted by molar-refractivity contribution is 5.66. The fourth-order valence-electron chi connectivity index (χ4n) is 3.02. The Morgan fingerprint density at radius 2 is 2.00 bits per heavy atom. The van der Waals surface area contributed by atoms with E-state index in [1.165, 1.54) is 25.7 Å². The van der Waals surface area contributed by atoms with E-state index in [4.69, 9.17) is 5.73 Å². The molecule has 1 aromatic rings. The van der Waals surface area contributed by atoms with E-state index in [9.17, 15) is 0 Å². The fraction of sp³-hybridized carbons (Fsp3) is 0.786. The molecule has 1 aromatic heterocycles. The fourth-order valence-corrected chi connectivity index (χ4v) is 3.02. The molecule has 1 heterocycles. The molecule has 4 nitrogen and oxygen atoms in total. The largest absolute Gasteiger partial charge is 0.394 e. The van der Waals surface area contributed by atoms with Gasteiger partial charge in [-0.25, -0.2) is 0 Å². The molecule has 0 radical (unpaired) electrons. The number of nitrogens with two attached hydrogens (primary N) is 1. The second kappa shape index (κ2) is 5.21. The molecular formula is C14H26N4. The van der Waals surface area contributed by atoms with Gasteiger partial charge in [0.05, 0.1) is 11.4 Å². The van der Waals surface area contributed by atoms with Crippen LogP contribution in [-0.2, 0) is 7.05 Å². The van der Waals surface area contributed by atoms with Crippen molar-refractivity contribution in [3.05, 3.63) is 5.69 Å². The van der Waals surface area contributed by atoms with Crippen LogP contribution in [0.1, 0.15) is 45.2 Å². The Balaban J connectivity index is 2.32. The van der Waals surface area contributed by atoms with Gasteiger partial charge in [-0.1, -0.05) is 26.7 Å². The second-order valence-corrected chi connectivity index (χ2v) is 5.93. The van der Waals surface area contributed by atoms with Crippen LogP contribution in [0.25, 0.3) is 0 Å². The Morgan fingerprint density at radius 3 is 2.44 bits per heavy atom. The van der Waals surface area contributed by atoms with Crippen molar-refractivity contribution in [3.8, 4) is 0 Å². The average Bonchev–Trinajstić information content (AvgIpc) is 2.87. The van der Waals surface area contributed by atoms with Crippen LogP contribution in [0.5, 0.6) is 0 Å². The van der Waals surface area contributed by atoms with Gasteiger partial charge in [-0.15, -0.1) is 0 Å². The molecule has 0 spiro atoms. The minimum Gasteiger partial charge on any atom is -0.394 e. The number of rotatable bonds is 4. The first-order valence-corrected chi connectivity index (χ1v) is 7.06. The average molecular weight is 250 g/mol. The van der Waals surface area contributed by atoms with Crippen LogP contribution in [0.15, 0.2) is 0 Å². The Morgan fingerprint density at radius 1 is 1.39 bits per heavy atom. The van der Waals surface area contributed by atoms with E-state index in [1.54, 1.807) is 0 Å². The number of nitrogens with zero attached hydrogens (tertiary/aromatic N) is 3. The molecule has 4 heteroatoms. The molecule has 0 unspecified atom stereocenters. The van der Waals surface area contributed by atoms with Crippen LogP contribution in [0.3, 0.4) is 0 Å². The molecule has 0 aromatic carbocycles. The zero-order valence-corrected chi connectivity index (χ0v) is 12.1. The number of aromatic nitrogens is 2. The van der Waals surface area contributed by atoms with Crippen LogP contribution in [0.2, 0.25) is 0 Å². The van der Waals surface area contributed by atoms with Gasteiger partial charge in [-0.05, 0) is 25.7 Å². The van der Waals surface area contributed by atoms with E-state index in [1.807, 2.05) is 18.7 Å². The summed E-state index contributed by atoms with van der Waals surface area (Å²) in [7, 11) is 2.00. The molecule has 1 aliphatic carbocycles. The minimum absolute atomic E-state index is 0.639. The molecule has 1 saturated carbocycles. The topological polar surface area (TPSA) is 47.1 Å². The van der Waals surface area contributed by atoms with Gasteiger partial charge in [-0.3, -0.25) is 4.68 Å². The first-order chi connectivity index (χ1) is 8.50. The summed E-state index contributed by atoms with van der Waals surface area (Å²) < 4.78 is 1.95. The van der Waals surface area contributed by atoms with Gasteiger partial charge in [0.25, 0.3) is 0 Å². The van der Waals surface area contributed by atoms with Crippen molar-refractivity contribution in [2.45, 2.75) is 52.5 Å². The van der Waals surface area contributed by atoms with Crippen molar-refractivity contribution in [2.75, 3.05) is 17.2 Å². The molecule has 1 aliphatic rings. The van der Waals surface area contributed by atoms with Crippen LogP contribution < -0.4 is 10.6 Å². The Bertz CT molecular complexity index is 402. The van der Waals surface area contributed by atoms with Gasteiger partial charge in [0.15, 0.2) is 5.82 Å². The number of anilines is 2. The van der Waals surface area contributed by atoms with E-state index in [0.29, 0.717) is 12.0 Å². The summed E-state index contributed by atoms with van der Waals surface area (Å²) in [6.07, 6.45) is 5.26. The summed E-state index contributed by atoms with van der Waals surface area (Å²) in [6.45, 7) is 7.58. The van der Waals surface area contributed by atoms with Crippen molar-refractivity contribution in [1.29, 1.82) is 0 Å². The van der Waals surface area contributed by atoms with Crippen molar-refractivity contribution in [3.63, 3.8) is 0 Å². The van der Waals surface area contributed by atoms with E-state index in [2.05, 4.69) is 23.8 Å². The van der Waals surface area contributed by atoms with Crippen LogP contribution in [0, 0.1) is 12.8 Å². The zero-order chi connectivity index (χ0) is 13.3. The summed E-state index contributed by atoms with van der Waals surface area (Å²) in [4.78, 5) is 2.49. The van der Waals surface area contributed by atoms with Crippen LogP contribution >= 0.6 is 0 Å². The Hall–Kier alpha value is -1.19. The van der Waals surface area contributed by atoms with Crippen LogP contribution in [0.4, 0.5) is 11.5 Å². The lowest BCUT2D eigenvalue weighted by molar-refractivity contribution is 0.521. The first kappa shape index (κ1) is 13.2. The predicted molar refractivity (Wildman–Crippen MR) is 76.8 cm³/mol. The Kier molecular flexibility index (Phi) is 3.83. The lowest BCUT2D eigenvalue weighted by atomic mass is 10.1. The summed E-state index contributed by atoms with van der Waals surface area (Å²) >= 11 is 0. The molecule has 102 valence electrons. The van der Waals surface area contributed by atoms with Gasteiger partial charge < -0.3 is 10.6 Å². The third-order valence-electron chi connectivity index (χ3n) is 3.84. The first-order valence-electron chi connectivity index (χ1n) is 7.06. The third-order valence-corrected chi connectivity index (χ3v) is 3.84. The van der Waals surface area contributed by atoms with Gasteiger partial charge in [-0.2, -0.15) is 5.10 Å². The number of hydrogen-bond acceptors (Lipinski definition) is 3. The maximum Gasteiger partial charge on any atom is 0.150 e. The predicted octanol–water partition coefficient (Wildman–Crippen LogP) is 2.72. The highest BCUT2D eigenvalue weighted by atomic mass is 15.4. The van der Waals surface area contributed by atoms with E-state index < -0.39 is 0 Å². The SMILES string of the molecule is Cc1nn(C)c(N(CC(C)C)C2CCCC2)c1N. The van der Waals surface area contributed by atoms with Crippen molar-refractivity contribution < 1.29 is 0 Å². The monoisotopic (exact) mass is 250 g/mol. The quantitative estimate of drug-likeness (QED) is 0.893. The smallest absolute Gasteiger partial charge is 0.150 e. The molecule has 2 rings (SSSR count). The van der Waals surface area contributed by atoms with Crippen molar-refractivity contribution >= 4 is 11.5 Å². The van der Waals surface area contributed by atoms with Crippen molar-refractivity contribution in [1.82, 2.24) is 9.78 Å². The number of nitrogen functional groups attached to an aromatic ring is 1. The Labute approximate surface area is 110 Å². The molecule has 0 aliphatic heterocycles. The molecule has 0 saturated heterocycles. The number of hydrogen-bond donors (Lipinski definition) is 1. The normalized spacial score (nSPS) is 16.7. The van der Waals surface area contributed by atoms with Crippen molar-refractivity contribution in [2.24, 2.45) is 13.0 Å². The van der Waals surface area contributed by atoms with E-state index in [0.717, 1.165) is 23.7 Å². The molecule has 0 bridgehead atoms. The second-order valence-electron chi connectivity index (χ2n) is 5.93. The van der Waals surface area contributed by atoms with Gasteiger partial charge in [0.1, 0.15) is 0 Å². The molecule has 2 N–H and O–H groups in total. The van der Waals surface area contributed by atoms with Gasteiger partial charge in [0.2, 0.25) is 0 Å². The maximum absolute atomic E-state index is 6.22. The minimum atomic E-state index is 0.639. The summed E-state index contributed by atoms with van der Waals surface area (Å²) in [5, 5.41) is 4.46. The number of aryl methyl sites for hydroxylation is 2. The lowest BCUT2D eigenvalue weighted by Crippen LogP contribution is -2.38. The zero-order valence-electron chi connectivity index (χ0n) is 12.1. The molecule has 1 fully saturated rings. The molecular weight excluding hydrogens is 224 g/mol. The highest BCUT2D eigenvalue weighted by Gasteiger charge is 2.27. The standard InChI is InChI=1S/C14H26N4/c1-10(2)9-18(12-7-5-6-8-12)14-13(15)11(3)16-17(14)4/h10,12H,5-9,15H2,1-4H3. The van der Waals surface area contributed by atoms with E-state index in [-0.39, 0.29) is 0 Å². The highest BCUT2D eigenvalue weighted by Crippen LogP contribution is 2.33. The van der Waals surface area contributed by atoms with E-state index >= 15 is 0 Å². The summed E-state index contributed by atoms with van der Waals surface area (Å²) in [6, 6.07) is 0.643. The summed E-state index contributed by atoms with van der Waals surface area (Å²) in [5.41, 5.74) is 8.02. The molecule has 0 amide bonds. The third kappa shape index (κ3) is 2.47. The molecule has 0 atom stereocenters. The maximum atomic E-state index is 6.22.